The second-order valence-corrected chi connectivity index (χ2v) is 7.94. The van der Waals surface area contributed by atoms with Crippen molar-refractivity contribution in [3.63, 3.8) is 0 Å². The van der Waals surface area contributed by atoms with Crippen LogP contribution in [0.2, 0.25) is 0 Å². The summed E-state index contributed by atoms with van der Waals surface area (Å²) in [6, 6.07) is 0. The van der Waals surface area contributed by atoms with E-state index in [-0.39, 0.29) is 11.5 Å². The Morgan fingerprint density at radius 2 is 1.95 bits per heavy atom. The zero-order chi connectivity index (χ0) is 13.9. The second-order valence-electron chi connectivity index (χ2n) is 7.94. The molecule has 0 aromatic carbocycles. The monoisotopic (exact) mass is 274 g/mol. The van der Waals surface area contributed by atoms with Crippen LogP contribution in [-0.4, -0.2) is 17.0 Å². The average molecular weight is 274 g/mol. The van der Waals surface area contributed by atoms with Crippen molar-refractivity contribution in [2.75, 3.05) is 0 Å². The van der Waals surface area contributed by atoms with Crippen molar-refractivity contribution in [1.82, 2.24) is 0 Å². The normalized spacial score (nSPS) is 51.0. The molecule has 1 N–H and O–H groups in total. The van der Waals surface area contributed by atoms with Gasteiger partial charge >= 0.3 is 0 Å². The summed E-state index contributed by atoms with van der Waals surface area (Å²) in [6.07, 6.45) is 10.9. The third-order valence-electron chi connectivity index (χ3n) is 7.25. The Bertz CT molecular complexity index is 466. The van der Waals surface area contributed by atoms with Gasteiger partial charge in [-0.1, -0.05) is 12.5 Å². The van der Waals surface area contributed by atoms with Crippen LogP contribution in [0.25, 0.3) is 0 Å². The Morgan fingerprint density at radius 1 is 1.10 bits per heavy atom. The average Bonchev–Trinajstić information content (AvgIpc) is 2.74. The SMILES string of the molecule is C[C@]12CC[C@@H]3[C@@H](CCC4=CC(=O)CC[C@H]43)[C@@H]1CC[C@@H]2O. The molecule has 0 heterocycles. The van der Waals surface area contributed by atoms with E-state index in [9.17, 15) is 9.90 Å². The summed E-state index contributed by atoms with van der Waals surface area (Å²) >= 11 is 0. The van der Waals surface area contributed by atoms with Crippen molar-refractivity contribution in [3.8, 4) is 0 Å². The quantitative estimate of drug-likeness (QED) is 0.734. The van der Waals surface area contributed by atoms with Crippen molar-refractivity contribution >= 4 is 5.78 Å². The molecule has 0 unspecified atom stereocenters. The van der Waals surface area contributed by atoms with Gasteiger partial charge in [-0.15, -0.1) is 0 Å². The van der Waals surface area contributed by atoms with Crippen molar-refractivity contribution in [3.05, 3.63) is 11.6 Å². The van der Waals surface area contributed by atoms with Gasteiger partial charge in [-0.2, -0.15) is 0 Å². The molecular weight excluding hydrogens is 248 g/mol. The number of hydrogen-bond donors (Lipinski definition) is 1. The molecule has 2 heteroatoms. The largest absolute Gasteiger partial charge is 0.393 e. The van der Waals surface area contributed by atoms with E-state index in [0.717, 1.165) is 43.4 Å². The van der Waals surface area contributed by atoms with Crippen molar-refractivity contribution in [2.45, 2.75) is 64.4 Å². The number of fused-ring (bicyclic) bond motifs is 5. The number of allylic oxidation sites excluding steroid dienone is 1. The van der Waals surface area contributed by atoms with Gasteiger partial charge in [0, 0.05) is 6.42 Å². The minimum atomic E-state index is -0.0710. The first-order valence-corrected chi connectivity index (χ1v) is 8.51. The Labute approximate surface area is 121 Å². The number of hydrogen-bond acceptors (Lipinski definition) is 2. The minimum absolute atomic E-state index is 0.0710. The molecule has 0 aromatic heterocycles. The van der Waals surface area contributed by atoms with Gasteiger partial charge < -0.3 is 5.11 Å². The highest BCUT2D eigenvalue weighted by atomic mass is 16.3. The van der Waals surface area contributed by atoms with Gasteiger partial charge in [-0.25, -0.2) is 0 Å². The van der Waals surface area contributed by atoms with E-state index < -0.39 is 0 Å². The molecular formula is C18H26O2. The first-order chi connectivity index (χ1) is 9.59. The zero-order valence-corrected chi connectivity index (χ0v) is 12.5. The van der Waals surface area contributed by atoms with Crippen LogP contribution in [0.1, 0.15) is 58.3 Å². The highest BCUT2D eigenvalue weighted by Gasteiger charge is 2.55. The van der Waals surface area contributed by atoms with E-state index in [1.807, 2.05) is 6.08 Å². The Balaban J connectivity index is 1.63. The van der Waals surface area contributed by atoms with Gasteiger partial charge in [0.1, 0.15) is 0 Å². The highest BCUT2D eigenvalue weighted by Crippen LogP contribution is 2.61. The summed E-state index contributed by atoms with van der Waals surface area (Å²) in [4.78, 5) is 11.6. The van der Waals surface area contributed by atoms with Crippen molar-refractivity contribution in [2.24, 2.45) is 29.1 Å². The zero-order valence-electron chi connectivity index (χ0n) is 12.5. The molecule has 4 rings (SSSR count). The molecule has 0 aromatic rings. The van der Waals surface area contributed by atoms with Crippen LogP contribution >= 0.6 is 0 Å². The van der Waals surface area contributed by atoms with E-state index in [1.54, 1.807) is 0 Å². The number of rotatable bonds is 0. The smallest absolute Gasteiger partial charge is 0.155 e. The third kappa shape index (κ3) is 1.70. The molecule has 4 aliphatic rings. The fourth-order valence-electron chi connectivity index (χ4n) is 6.15. The van der Waals surface area contributed by atoms with E-state index in [4.69, 9.17) is 0 Å². The van der Waals surface area contributed by atoms with Crippen LogP contribution in [0.4, 0.5) is 0 Å². The molecule has 3 saturated carbocycles. The van der Waals surface area contributed by atoms with Gasteiger partial charge in [-0.05, 0) is 80.1 Å². The molecule has 20 heavy (non-hydrogen) atoms. The third-order valence-corrected chi connectivity index (χ3v) is 7.25. The number of aliphatic hydroxyl groups is 1. The molecule has 0 spiro atoms. The Morgan fingerprint density at radius 3 is 2.80 bits per heavy atom. The lowest BCUT2D eigenvalue weighted by Crippen LogP contribution is -2.47. The van der Waals surface area contributed by atoms with Gasteiger partial charge in [0.25, 0.3) is 0 Å². The van der Waals surface area contributed by atoms with Crippen molar-refractivity contribution in [1.29, 1.82) is 0 Å². The van der Waals surface area contributed by atoms with E-state index in [2.05, 4.69) is 6.92 Å². The molecule has 0 saturated heterocycles. The molecule has 2 nitrogen and oxygen atoms in total. The summed E-state index contributed by atoms with van der Waals surface area (Å²) < 4.78 is 0. The lowest BCUT2D eigenvalue weighted by atomic mass is 9.52. The van der Waals surface area contributed by atoms with Crippen LogP contribution in [0, 0.1) is 29.1 Å². The van der Waals surface area contributed by atoms with Crippen LogP contribution < -0.4 is 0 Å². The predicted octanol–water partition coefficient (Wildman–Crippen LogP) is 3.49. The number of ketones is 1. The van der Waals surface area contributed by atoms with Crippen LogP contribution in [0.5, 0.6) is 0 Å². The predicted molar refractivity (Wildman–Crippen MR) is 78.1 cm³/mol. The van der Waals surface area contributed by atoms with Crippen LogP contribution in [0.15, 0.2) is 11.6 Å². The highest BCUT2D eigenvalue weighted by molar-refractivity contribution is 5.91. The maximum absolute atomic E-state index is 11.6. The van der Waals surface area contributed by atoms with Crippen LogP contribution in [0.3, 0.4) is 0 Å². The summed E-state index contributed by atoms with van der Waals surface area (Å²) in [6.45, 7) is 2.33. The van der Waals surface area contributed by atoms with Gasteiger partial charge in [-0.3, -0.25) is 4.79 Å². The summed E-state index contributed by atoms with van der Waals surface area (Å²) in [7, 11) is 0. The van der Waals surface area contributed by atoms with Crippen LogP contribution in [-0.2, 0) is 4.79 Å². The number of carbonyl (C=O) groups excluding carboxylic acids is 1. The topological polar surface area (TPSA) is 37.3 Å². The number of aliphatic hydroxyl groups excluding tert-OH is 1. The molecule has 0 amide bonds. The molecule has 3 fully saturated rings. The molecule has 4 aliphatic carbocycles. The molecule has 6 atom stereocenters. The first-order valence-electron chi connectivity index (χ1n) is 8.51. The van der Waals surface area contributed by atoms with E-state index in [1.165, 1.54) is 31.3 Å². The lowest BCUT2D eigenvalue weighted by molar-refractivity contribution is -0.116. The van der Waals surface area contributed by atoms with E-state index >= 15 is 0 Å². The Kier molecular flexibility index (Phi) is 2.89. The fourth-order valence-corrected chi connectivity index (χ4v) is 6.15. The van der Waals surface area contributed by atoms with Gasteiger partial charge in [0.05, 0.1) is 6.10 Å². The molecule has 0 aliphatic heterocycles. The maximum Gasteiger partial charge on any atom is 0.155 e. The second kappa shape index (κ2) is 4.43. The van der Waals surface area contributed by atoms with E-state index in [0.29, 0.717) is 11.7 Å². The molecule has 0 bridgehead atoms. The van der Waals surface area contributed by atoms with Gasteiger partial charge in [0.2, 0.25) is 0 Å². The fraction of sp³-hybridized carbons (Fsp3) is 0.833. The standard InChI is InChI=1S/C18H26O2/c1-18-9-8-14-13-5-3-12(19)10-11(13)2-4-15(14)16(18)6-7-17(18)20/h10,13-17,20H,2-9H2,1H3/t13-,14+,15-,16+,17+,18+/m1/s1. The summed E-state index contributed by atoms with van der Waals surface area (Å²) in [5, 5.41) is 10.4. The maximum atomic E-state index is 11.6. The first kappa shape index (κ1) is 13.1. The van der Waals surface area contributed by atoms with Gasteiger partial charge in [0.15, 0.2) is 5.78 Å². The number of carbonyl (C=O) groups is 1. The Hall–Kier alpha value is -0.630. The summed E-state index contributed by atoms with van der Waals surface area (Å²) in [5.41, 5.74) is 1.65. The lowest BCUT2D eigenvalue weighted by Gasteiger charge is -2.53. The summed E-state index contributed by atoms with van der Waals surface area (Å²) in [5.74, 6) is 3.38. The van der Waals surface area contributed by atoms with Crippen molar-refractivity contribution < 1.29 is 9.90 Å². The minimum Gasteiger partial charge on any atom is -0.393 e. The molecule has 0 radical (unpaired) electrons. The molecule has 110 valence electrons.